The molecule has 0 unspecified atom stereocenters. The standard InChI is InChI=1S/C21H25ClN4O/c1-17(19-9-5-6-10-20(19)22)23-24-21(27)11-12-25-13-15-26(16-14-25)18-7-3-2-4-8-18/h2-10H,11-16H2,1H3,(H,24,27)/b23-17+. The Morgan fingerprint density at radius 3 is 2.41 bits per heavy atom. The molecular formula is C21H25ClN4O. The number of hydrogen-bond acceptors (Lipinski definition) is 4. The van der Waals surface area contributed by atoms with Crippen molar-refractivity contribution in [3.8, 4) is 0 Å². The summed E-state index contributed by atoms with van der Waals surface area (Å²) in [6.07, 6.45) is 0.435. The van der Waals surface area contributed by atoms with Crippen LogP contribution in [-0.4, -0.2) is 49.2 Å². The number of anilines is 1. The Bertz CT molecular complexity index is 786. The lowest BCUT2D eigenvalue weighted by molar-refractivity contribution is -0.121. The third kappa shape index (κ3) is 5.55. The number of piperazine rings is 1. The van der Waals surface area contributed by atoms with Crippen LogP contribution in [0.5, 0.6) is 0 Å². The van der Waals surface area contributed by atoms with E-state index in [1.54, 1.807) is 0 Å². The monoisotopic (exact) mass is 384 g/mol. The van der Waals surface area contributed by atoms with Crippen molar-refractivity contribution in [1.82, 2.24) is 10.3 Å². The van der Waals surface area contributed by atoms with Crippen LogP contribution in [0.15, 0.2) is 59.7 Å². The van der Waals surface area contributed by atoms with Gasteiger partial charge in [0, 0.05) is 55.4 Å². The topological polar surface area (TPSA) is 47.9 Å². The van der Waals surface area contributed by atoms with Gasteiger partial charge in [-0.05, 0) is 25.1 Å². The molecule has 1 N–H and O–H groups in total. The third-order valence-corrected chi connectivity index (χ3v) is 5.09. The van der Waals surface area contributed by atoms with E-state index in [0.717, 1.165) is 38.3 Å². The maximum absolute atomic E-state index is 12.1. The molecule has 3 rings (SSSR count). The molecule has 1 aliphatic heterocycles. The first-order valence-electron chi connectivity index (χ1n) is 9.24. The fourth-order valence-electron chi connectivity index (χ4n) is 3.15. The largest absolute Gasteiger partial charge is 0.369 e. The van der Waals surface area contributed by atoms with Crippen LogP contribution in [-0.2, 0) is 4.79 Å². The van der Waals surface area contributed by atoms with Crippen molar-refractivity contribution in [2.75, 3.05) is 37.6 Å². The van der Waals surface area contributed by atoms with E-state index in [0.29, 0.717) is 17.2 Å². The van der Waals surface area contributed by atoms with Gasteiger partial charge < -0.3 is 4.90 Å². The van der Waals surface area contributed by atoms with Crippen LogP contribution in [0.4, 0.5) is 5.69 Å². The molecule has 1 amide bonds. The normalized spacial score (nSPS) is 15.6. The zero-order chi connectivity index (χ0) is 19.1. The zero-order valence-electron chi connectivity index (χ0n) is 15.6. The van der Waals surface area contributed by atoms with Crippen LogP contribution in [0, 0.1) is 0 Å². The number of para-hydroxylation sites is 1. The smallest absolute Gasteiger partial charge is 0.241 e. The highest BCUT2D eigenvalue weighted by Crippen LogP contribution is 2.16. The Hall–Kier alpha value is -2.37. The summed E-state index contributed by atoms with van der Waals surface area (Å²) >= 11 is 6.15. The van der Waals surface area contributed by atoms with E-state index in [4.69, 9.17) is 11.6 Å². The van der Waals surface area contributed by atoms with Crippen molar-refractivity contribution in [3.63, 3.8) is 0 Å². The number of amides is 1. The molecule has 0 radical (unpaired) electrons. The van der Waals surface area contributed by atoms with Gasteiger partial charge in [-0.1, -0.05) is 48.0 Å². The maximum Gasteiger partial charge on any atom is 0.241 e. The third-order valence-electron chi connectivity index (χ3n) is 4.76. The molecule has 0 aromatic heterocycles. The fourth-order valence-corrected chi connectivity index (χ4v) is 3.42. The maximum atomic E-state index is 12.1. The summed E-state index contributed by atoms with van der Waals surface area (Å²) in [6, 6.07) is 17.9. The van der Waals surface area contributed by atoms with Crippen molar-refractivity contribution >= 4 is 28.9 Å². The Balaban J connectivity index is 1.41. The highest BCUT2D eigenvalue weighted by Gasteiger charge is 2.17. The highest BCUT2D eigenvalue weighted by atomic mass is 35.5. The highest BCUT2D eigenvalue weighted by molar-refractivity contribution is 6.34. The summed E-state index contributed by atoms with van der Waals surface area (Å²) in [6.45, 7) is 6.47. The van der Waals surface area contributed by atoms with E-state index in [2.05, 4.69) is 44.6 Å². The first kappa shape index (κ1) is 19.4. The van der Waals surface area contributed by atoms with E-state index < -0.39 is 0 Å². The van der Waals surface area contributed by atoms with Gasteiger partial charge in [0.05, 0.1) is 5.71 Å². The average Bonchev–Trinajstić information content (AvgIpc) is 2.72. The van der Waals surface area contributed by atoms with E-state index in [-0.39, 0.29) is 5.91 Å². The van der Waals surface area contributed by atoms with Crippen LogP contribution >= 0.6 is 11.6 Å². The minimum Gasteiger partial charge on any atom is -0.369 e. The van der Waals surface area contributed by atoms with Crippen molar-refractivity contribution in [1.29, 1.82) is 0 Å². The number of benzene rings is 2. The van der Waals surface area contributed by atoms with Gasteiger partial charge in [-0.3, -0.25) is 9.69 Å². The van der Waals surface area contributed by atoms with Crippen LogP contribution in [0.2, 0.25) is 5.02 Å². The fraction of sp³-hybridized carbons (Fsp3) is 0.333. The van der Waals surface area contributed by atoms with Gasteiger partial charge >= 0.3 is 0 Å². The van der Waals surface area contributed by atoms with E-state index in [9.17, 15) is 4.79 Å². The first-order chi connectivity index (χ1) is 13.1. The van der Waals surface area contributed by atoms with Gasteiger partial charge in [0.15, 0.2) is 0 Å². The molecule has 2 aromatic carbocycles. The van der Waals surface area contributed by atoms with Crippen LogP contribution < -0.4 is 10.3 Å². The molecule has 6 heteroatoms. The Kier molecular flexibility index (Phi) is 6.85. The van der Waals surface area contributed by atoms with Gasteiger partial charge in [-0.2, -0.15) is 5.10 Å². The summed E-state index contributed by atoms with van der Waals surface area (Å²) < 4.78 is 0. The second-order valence-electron chi connectivity index (χ2n) is 6.63. The second kappa shape index (κ2) is 9.53. The lowest BCUT2D eigenvalue weighted by Gasteiger charge is -2.36. The number of halogens is 1. The average molecular weight is 385 g/mol. The van der Waals surface area contributed by atoms with Gasteiger partial charge in [-0.15, -0.1) is 0 Å². The Labute approximate surface area is 165 Å². The molecule has 2 aromatic rings. The van der Waals surface area contributed by atoms with E-state index in [1.807, 2.05) is 37.3 Å². The molecule has 0 atom stereocenters. The molecule has 1 heterocycles. The molecule has 0 bridgehead atoms. The molecule has 27 heavy (non-hydrogen) atoms. The quantitative estimate of drug-likeness (QED) is 0.613. The molecule has 1 saturated heterocycles. The predicted octanol–water partition coefficient (Wildman–Crippen LogP) is 3.39. The van der Waals surface area contributed by atoms with Crippen molar-refractivity contribution < 1.29 is 4.79 Å². The molecule has 0 spiro atoms. The number of carbonyl (C=O) groups excluding carboxylic acids is 1. The van der Waals surface area contributed by atoms with Crippen LogP contribution in [0.1, 0.15) is 18.9 Å². The van der Waals surface area contributed by atoms with Crippen LogP contribution in [0.25, 0.3) is 0 Å². The number of rotatable bonds is 6. The minimum absolute atomic E-state index is 0.0770. The molecular weight excluding hydrogens is 360 g/mol. The Morgan fingerprint density at radius 2 is 1.70 bits per heavy atom. The summed E-state index contributed by atoms with van der Waals surface area (Å²) in [5, 5.41) is 4.81. The van der Waals surface area contributed by atoms with Gasteiger partial charge in [0.2, 0.25) is 5.91 Å². The summed E-state index contributed by atoms with van der Waals surface area (Å²) in [7, 11) is 0. The number of hydrazone groups is 1. The van der Waals surface area contributed by atoms with Crippen molar-refractivity contribution in [2.45, 2.75) is 13.3 Å². The lowest BCUT2D eigenvalue weighted by Crippen LogP contribution is -2.47. The summed E-state index contributed by atoms with van der Waals surface area (Å²) in [5.41, 5.74) is 5.43. The molecule has 5 nitrogen and oxygen atoms in total. The summed E-state index contributed by atoms with van der Waals surface area (Å²) in [5.74, 6) is -0.0770. The molecule has 1 fully saturated rings. The van der Waals surface area contributed by atoms with E-state index >= 15 is 0 Å². The molecule has 1 aliphatic rings. The predicted molar refractivity (Wildman–Crippen MR) is 112 cm³/mol. The number of carbonyl (C=O) groups is 1. The second-order valence-corrected chi connectivity index (χ2v) is 7.03. The van der Waals surface area contributed by atoms with Gasteiger partial charge in [0.25, 0.3) is 0 Å². The first-order valence-corrected chi connectivity index (χ1v) is 9.61. The number of hydrogen-bond donors (Lipinski definition) is 1. The summed E-state index contributed by atoms with van der Waals surface area (Å²) in [4.78, 5) is 16.8. The van der Waals surface area contributed by atoms with Crippen molar-refractivity contribution in [2.24, 2.45) is 5.10 Å². The minimum atomic E-state index is -0.0770. The van der Waals surface area contributed by atoms with Gasteiger partial charge in [0.1, 0.15) is 0 Å². The molecule has 0 aliphatic carbocycles. The SMILES string of the molecule is C/C(=N\NC(=O)CCN1CCN(c2ccccc2)CC1)c1ccccc1Cl. The molecule has 0 saturated carbocycles. The number of nitrogens with one attached hydrogen (secondary N) is 1. The zero-order valence-corrected chi connectivity index (χ0v) is 16.3. The number of nitrogens with zero attached hydrogens (tertiary/aromatic N) is 3. The van der Waals surface area contributed by atoms with Crippen LogP contribution in [0.3, 0.4) is 0 Å². The molecule has 142 valence electrons. The lowest BCUT2D eigenvalue weighted by atomic mass is 10.1. The van der Waals surface area contributed by atoms with Gasteiger partial charge in [-0.25, -0.2) is 5.43 Å². The van der Waals surface area contributed by atoms with Crippen molar-refractivity contribution in [3.05, 3.63) is 65.2 Å². The Morgan fingerprint density at radius 1 is 1.04 bits per heavy atom. The van der Waals surface area contributed by atoms with E-state index in [1.165, 1.54) is 5.69 Å².